The summed E-state index contributed by atoms with van der Waals surface area (Å²) in [6.45, 7) is 3.68. The highest BCUT2D eigenvalue weighted by molar-refractivity contribution is 5.94. The monoisotopic (exact) mass is 355 g/mol. The highest BCUT2D eigenvalue weighted by Crippen LogP contribution is 2.30. The Hall–Kier alpha value is -2.49. The minimum atomic E-state index is -4.49. The van der Waals surface area contributed by atoms with Crippen molar-refractivity contribution in [2.24, 2.45) is 0 Å². The van der Waals surface area contributed by atoms with Gasteiger partial charge < -0.3 is 10.1 Å². The molecule has 0 unspecified atom stereocenters. The van der Waals surface area contributed by atoms with Gasteiger partial charge in [0.2, 0.25) is 0 Å². The molecule has 2 aromatic rings. The molecule has 1 aliphatic rings. The van der Waals surface area contributed by atoms with Gasteiger partial charge in [-0.3, -0.25) is 9.89 Å². The van der Waals surface area contributed by atoms with Gasteiger partial charge in [0.1, 0.15) is 5.82 Å². The number of rotatable bonds is 3. The van der Waals surface area contributed by atoms with Crippen LogP contribution in [0.4, 0.5) is 13.2 Å². The summed E-state index contributed by atoms with van der Waals surface area (Å²) in [4.78, 5) is 19.6. The number of nitrogens with one attached hydrogen (secondary N) is 2. The Balaban J connectivity index is 1.68. The lowest BCUT2D eigenvalue weighted by molar-refractivity contribution is -0.138. The third-order valence-corrected chi connectivity index (χ3v) is 3.89. The number of hydrogen-bond acceptors (Lipinski definition) is 5. The van der Waals surface area contributed by atoms with Gasteiger partial charge in [0, 0.05) is 24.4 Å². The number of carbonyl (C=O) groups excluding carboxylic acids is 1. The van der Waals surface area contributed by atoms with Gasteiger partial charge in [-0.25, -0.2) is 9.97 Å². The van der Waals surface area contributed by atoms with Gasteiger partial charge in [-0.15, -0.1) is 0 Å². The summed E-state index contributed by atoms with van der Waals surface area (Å²) in [7, 11) is 0. The average Bonchev–Trinajstić information content (AvgIpc) is 2.96. The van der Waals surface area contributed by atoms with Gasteiger partial charge in [0.05, 0.1) is 30.0 Å². The van der Waals surface area contributed by atoms with Crippen LogP contribution < -0.4 is 5.32 Å². The molecule has 0 saturated carbocycles. The second kappa shape index (κ2) is 6.43. The van der Waals surface area contributed by atoms with E-state index in [1.165, 1.54) is 0 Å². The summed E-state index contributed by atoms with van der Waals surface area (Å²) >= 11 is 0. The zero-order valence-electron chi connectivity index (χ0n) is 13.5. The van der Waals surface area contributed by atoms with Crippen LogP contribution in [0.1, 0.15) is 53.1 Å². The molecule has 3 rings (SSSR count). The summed E-state index contributed by atoms with van der Waals surface area (Å²) in [5, 5.41) is 9.41. The van der Waals surface area contributed by atoms with Gasteiger partial charge >= 0.3 is 6.18 Å². The highest BCUT2D eigenvalue weighted by atomic mass is 19.4. The first kappa shape index (κ1) is 17.3. The van der Waals surface area contributed by atoms with Crippen LogP contribution in [0.25, 0.3) is 0 Å². The van der Waals surface area contributed by atoms with Gasteiger partial charge in [-0.2, -0.15) is 18.3 Å². The molecule has 25 heavy (non-hydrogen) atoms. The van der Waals surface area contributed by atoms with Crippen molar-refractivity contribution in [1.29, 1.82) is 0 Å². The minimum absolute atomic E-state index is 0.0371. The summed E-state index contributed by atoms with van der Waals surface area (Å²) in [6, 6.07) is 0. The zero-order chi connectivity index (χ0) is 18.2. The summed E-state index contributed by atoms with van der Waals surface area (Å²) in [6.07, 6.45) is -2.80. The van der Waals surface area contributed by atoms with Crippen molar-refractivity contribution in [1.82, 2.24) is 25.5 Å². The van der Waals surface area contributed by atoms with Crippen molar-refractivity contribution >= 4 is 5.91 Å². The molecule has 0 radical (unpaired) electrons. The lowest BCUT2D eigenvalue weighted by Crippen LogP contribution is -2.28. The summed E-state index contributed by atoms with van der Waals surface area (Å²) in [5.41, 5.74) is 0.863. The maximum atomic E-state index is 12.5. The molecule has 0 spiro atoms. The van der Waals surface area contributed by atoms with Crippen LogP contribution in [0.15, 0.2) is 12.4 Å². The maximum absolute atomic E-state index is 12.5. The standard InChI is InChI=1S/C15H16F3N5O2/c1-7-3-10-12(8(2)25-7)22-23-13(10)14(24)21-6-11-19-4-9(5-20-11)15(16,17)18/h4-5,7-8H,3,6H2,1-2H3,(H,21,24)(H,22,23)/t7-,8+/m1/s1. The summed E-state index contributed by atoms with van der Waals surface area (Å²) in [5.74, 6) is -0.363. The predicted octanol–water partition coefficient (Wildman–Crippen LogP) is 2.17. The van der Waals surface area contributed by atoms with Crippen molar-refractivity contribution in [2.45, 2.75) is 45.2 Å². The van der Waals surface area contributed by atoms with E-state index in [1.54, 1.807) is 0 Å². The minimum Gasteiger partial charge on any atom is -0.369 e. The Kier molecular flexibility index (Phi) is 4.46. The topological polar surface area (TPSA) is 92.8 Å². The molecule has 10 heteroatoms. The van der Waals surface area contributed by atoms with Gasteiger partial charge in [-0.1, -0.05) is 0 Å². The number of ether oxygens (including phenoxy) is 1. The molecule has 0 fully saturated rings. The van der Waals surface area contributed by atoms with Crippen LogP contribution in [0.5, 0.6) is 0 Å². The Morgan fingerprint density at radius 2 is 2.04 bits per heavy atom. The molecule has 1 aliphatic heterocycles. The van der Waals surface area contributed by atoms with Crippen molar-refractivity contribution in [3.63, 3.8) is 0 Å². The molecule has 1 amide bonds. The van der Waals surface area contributed by atoms with E-state index in [0.29, 0.717) is 18.8 Å². The smallest absolute Gasteiger partial charge is 0.369 e. The van der Waals surface area contributed by atoms with Gasteiger partial charge in [-0.05, 0) is 13.8 Å². The fraction of sp³-hybridized carbons (Fsp3) is 0.467. The molecule has 3 heterocycles. The van der Waals surface area contributed by atoms with E-state index in [1.807, 2.05) is 13.8 Å². The van der Waals surface area contributed by atoms with Crippen molar-refractivity contribution in [3.8, 4) is 0 Å². The largest absolute Gasteiger partial charge is 0.419 e. The molecule has 2 N–H and O–H groups in total. The number of H-pyrrole nitrogens is 1. The number of nitrogens with zero attached hydrogens (tertiary/aromatic N) is 3. The number of fused-ring (bicyclic) bond motifs is 1. The Labute approximate surface area is 141 Å². The van der Waals surface area contributed by atoms with E-state index in [4.69, 9.17) is 4.74 Å². The number of aromatic amines is 1. The lowest BCUT2D eigenvalue weighted by atomic mass is 9.99. The number of hydrogen-bond donors (Lipinski definition) is 2. The fourth-order valence-electron chi connectivity index (χ4n) is 2.70. The first-order valence-corrected chi connectivity index (χ1v) is 7.64. The molecule has 2 atom stereocenters. The average molecular weight is 355 g/mol. The van der Waals surface area contributed by atoms with Crippen LogP contribution in [-0.4, -0.2) is 32.2 Å². The van der Waals surface area contributed by atoms with Gasteiger partial charge in [0.15, 0.2) is 5.69 Å². The van der Waals surface area contributed by atoms with E-state index in [-0.39, 0.29) is 30.3 Å². The number of amides is 1. The van der Waals surface area contributed by atoms with Crippen molar-refractivity contribution in [3.05, 3.63) is 40.7 Å². The van der Waals surface area contributed by atoms with E-state index >= 15 is 0 Å². The number of aromatic nitrogens is 4. The molecular weight excluding hydrogens is 339 g/mol. The number of carbonyl (C=O) groups is 1. The predicted molar refractivity (Wildman–Crippen MR) is 79.5 cm³/mol. The third kappa shape index (κ3) is 3.63. The molecule has 134 valence electrons. The Morgan fingerprint density at radius 3 is 2.68 bits per heavy atom. The first-order valence-electron chi connectivity index (χ1n) is 7.64. The fourth-order valence-corrected chi connectivity index (χ4v) is 2.70. The van der Waals surface area contributed by atoms with E-state index in [2.05, 4.69) is 25.5 Å². The third-order valence-electron chi connectivity index (χ3n) is 3.89. The van der Waals surface area contributed by atoms with Crippen LogP contribution >= 0.6 is 0 Å². The molecule has 0 aliphatic carbocycles. The quantitative estimate of drug-likeness (QED) is 0.880. The molecular formula is C15H16F3N5O2. The molecule has 2 aromatic heterocycles. The Morgan fingerprint density at radius 1 is 1.36 bits per heavy atom. The van der Waals surface area contributed by atoms with E-state index in [0.717, 1.165) is 11.3 Å². The first-order chi connectivity index (χ1) is 11.8. The highest BCUT2D eigenvalue weighted by Gasteiger charge is 2.32. The number of halogens is 3. The molecule has 7 nitrogen and oxygen atoms in total. The van der Waals surface area contributed by atoms with Crippen molar-refractivity contribution < 1.29 is 22.7 Å². The molecule has 0 saturated heterocycles. The van der Waals surface area contributed by atoms with Crippen LogP contribution in [0, 0.1) is 0 Å². The second-order valence-corrected chi connectivity index (χ2v) is 5.83. The Bertz CT molecular complexity index is 772. The SMILES string of the molecule is C[C@@H]1Cc2c(C(=O)NCc3ncc(C(F)(F)F)cn3)n[nH]c2[C@H](C)O1. The van der Waals surface area contributed by atoms with Crippen LogP contribution in [0.3, 0.4) is 0 Å². The second-order valence-electron chi connectivity index (χ2n) is 5.83. The van der Waals surface area contributed by atoms with Crippen molar-refractivity contribution in [2.75, 3.05) is 0 Å². The molecule has 0 aromatic carbocycles. The lowest BCUT2D eigenvalue weighted by Gasteiger charge is -2.25. The van der Waals surface area contributed by atoms with Crippen LogP contribution in [0.2, 0.25) is 0 Å². The summed E-state index contributed by atoms with van der Waals surface area (Å²) < 4.78 is 43.1. The molecule has 0 bridgehead atoms. The van der Waals surface area contributed by atoms with E-state index in [9.17, 15) is 18.0 Å². The van der Waals surface area contributed by atoms with E-state index < -0.39 is 17.6 Å². The zero-order valence-corrected chi connectivity index (χ0v) is 13.5. The van der Waals surface area contributed by atoms with Crippen LogP contribution in [-0.2, 0) is 23.9 Å². The number of alkyl halides is 3. The van der Waals surface area contributed by atoms with Gasteiger partial charge in [0.25, 0.3) is 5.91 Å². The normalized spacial score (nSPS) is 20.2. The maximum Gasteiger partial charge on any atom is 0.419 e.